The molecule has 2 amide bonds. The second-order valence-corrected chi connectivity index (χ2v) is 15.7. The largest absolute Gasteiger partial charge is 0.495 e. The van der Waals surface area contributed by atoms with Crippen molar-refractivity contribution in [2.45, 2.75) is 77.5 Å². The van der Waals surface area contributed by atoms with Crippen LogP contribution in [0.25, 0.3) is 5.69 Å². The zero-order valence-electron chi connectivity index (χ0n) is 31.8. The molecule has 55 heavy (non-hydrogen) atoms. The SMILES string of the molecule is COc1cc(C(=O)NC(C)(C)C)ccc1S(=O)(=O)Nc1cc(F)c(C(=O)N[C@@H](Cc2ccc(-n3c(=O)c(C)c(C)n(C)c3=O)cc2)C(=O)OC(C)C)cc1F. The highest BCUT2D eigenvalue weighted by Gasteiger charge is 2.28. The maximum atomic E-state index is 15.4. The van der Waals surface area contributed by atoms with E-state index >= 15 is 8.78 Å². The van der Waals surface area contributed by atoms with E-state index in [0.717, 1.165) is 10.6 Å². The number of carbonyl (C=O) groups excluding carboxylic acids is 3. The summed E-state index contributed by atoms with van der Waals surface area (Å²) in [6.45, 7) is 11.7. The van der Waals surface area contributed by atoms with Gasteiger partial charge in [0, 0.05) is 41.9 Å². The highest BCUT2D eigenvalue weighted by atomic mass is 32.2. The Morgan fingerprint density at radius 2 is 1.55 bits per heavy atom. The minimum atomic E-state index is -4.63. The third-order valence-corrected chi connectivity index (χ3v) is 9.78. The van der Waals surface area contributed by atoms with Crippen molar-refractivity contribution in [1.82, 2.24) is 19.8 Å². The molecule has 0 aliphatic carbocycles. The number of carbonyl (C=O) groups is 3. The Kier molecular flexibility index (Phi) is 12.4. The third-order valence-electron chi connectivity index (χ3n) is 8.37. The first-order valence-electron chi connectivity index (χ1n) is 17.0. The van der Waals surface area contributed by atoms with Gasteiger partial charge >= 0.3 is 11.7 Å². The second kappa shape index (κ2) is 16.3. The molecular weight excluding hydrogens is 741 g/mol. The van der Waals surface area contributed by atoms with Crippen molar-refractivity contribution in [2.75, 3.05) is 11.8 Å². The first-order chi connectivity index (χ1) is 25.5. The van der Waals surface area contributed by atoms with Crippen LogP contribution < -0.4 is 31.3 Å². The standard InChI is InChI=1S/C38H43F2N5O9S/c1-20(2)54-36(49)30(16-23-10-13-25(14-11-23)45-35(48)21(3)22(4)44(8)37(45)50)41-34(47)26-18-28(40)29(19-27(26)39)43-55(51,52)32-15-12-24(17-31(32)53-9)33(46)42-38(5,6)7/h10-15,17-20,30,43H,16H2,1-9H3,(H,41,47)(H,42,46)/t30-/m0/s1. The van der Waals surface area contributed by atoms with Crippen LogP contribution in [0.2, 0.25) is 0 Å². The molecule has 1 heterocycles. The highest BCUT2D eigenvalue weighted by Crippen LogP contribution is 2.29. The Morgan fingerprint density at radius 1 is 0.909 bits per heavy atom. The molecule has 4 aromatic rings. The molecule has 3 N–H and O–H groups in total. The fourth-order valence-corrected chi connectivity index (χ4v) is 6.60. The van der Waals surface area contributed by atoms with Gasteiger partial charge in [0.05, 0.1) is 30.2 Å². The number of nitrogens with zero attached hydrogens (tertiary/aromatic N) is 2. The van der Waals surface area contributed by atoms with Crippen molar-refractivity contribution < 1.29 is 41.1 Å². The molecule has 0 spiro atoms. The van der Waals surface area contributed by atoms with Crippen molar-refractivity contribution in [3.8, 4) is 11.4 Å². The Morgan fingerprint density at radius 3 is 2.13 bits per heavy atom. The monoisotopic (exact) mass is 783 g/mol. The Labute approximate surface area is 316 Å². The number of esters is 1. The van der Waals surface area contributed by atoms with Crippen molar-refractivity contribution in [3.63, 3.8) is 0 Å². The zero-order chi connectivity index (χ0) is 41.2. The van der Waals surface area contributed by atoms with Crippen LogP contribution in [0.15, 0.2) is 69.1 Å². The molecule has 4 rings (SSSR count). The molecule has 0 saturated carbocycles. The first-order valence-corrected chi connectivity index (χ1v) is 18.4. The van der Waals surface area contributed by atoms with Gasteiger partial charge in [-0.2, -0.15) is 0 Å². The van der Waals surface area contributed by atoms with Gasteiger partial charge in [0.25, 0.3) is 27.4 Å². The Balaban J connectivity index is 1.58. The fraction of sp³-hybridized carbons (Fsp3) is 0.342. The lowest BCUT2D eigenvalue weighted by molar-refractivity contribution is -0.149. The van der Waals surface area contributed by atoms with E-state index in [1.807, 2.05) is 4.72 Å². The number of halogens is 2. The van der Waals surface area contributed by atoms with E-state index in [9.17, 15) is 32.4 Å². The van der Waals surface area contributed by atoms with Gasteiger partial charge in [0.2, 0.25) is 0 Å². The van der Waals surface area contributed by atoms with Gasteiger partial charge in [-0.15, -0.1) is 0 Å². The molecule has 14 nitrogen and oxygen atoms in total. The fourth-order valence-electron chi connectivity index (χ4n) is 5.38. The lowest BCUT2D eigenvalue weighted by atomic mass is 10.0. The number of nitrogens with one attached hydrogen (secondary N) is 3. The van der Waals surface area contributed by atoms with Crippen molar-refractivity contribution in [1.29, 1.82) is 0 Å². The summed E-state index contributed by atoms with van der Waals surface area (Å²) in [4.78, 5) is 64.3. The Hall–Kier alpha value is -5.84. The number of hydrogen-bond donors (Lipinski definition) is 3. The van der Waals surface area contributed by atoms with Gasteiger partial charge in [0.1, 0.15) is 28.3 Å². The number of ether oxygens (including phenoxy) is 2. The van der Waals surface area contributed by atoms with Gasteiger partial charge in [-0.1, -0.05) is 12.1 Å². The lowest BCUT2D eigenvalue weighted by Gasteiger charge is -2.21. The number of benzene rings is 3. The zero-order valence-corrected chi connectivity index (χ0v) is 32.6. The van der Waals surface area contributed by atoms with Crippen molar-refractivity contribution in [3.05, 3.63) is 115 Å². The molecule has 0 unspecified atom stereocenters. The van der Waals surface area contributed by atoms with Gasteiger partial charge in [0.15, 0.2) is 0 Å². The second-order valence-electron chi connectivity index (χ2n) is 14.1. The Bertz CT molecular complexity index is 2350. The topological polar surface area (TPSA) is 184 Å². The molecule has 0 fully saturated rings. The number of rotatable bonds is 12. The summed E-state index contributed by atoms with van der Waals surface area (Å²) in [5.74, 6) is -5.47. The van der Waals surface area contributed by atoms with Crippen LogP contribution >= 0.6 is 0 Å². The van der Waals surface area contributed by atoms with Gasteiger partial charge in [-0.3, -0.25) is 19.1 Å². The first kappa shape index (κ1) is 41.9. The summed E-state index contributed by atoms with van der Waals surface area (Å²) >= 11 is 0. The van der Waals surface area contributed by atoms with Gasteiger partial charge < -0.3 is 24.7 Å². The summed E-state index contributed by atoms with van der Waals surface area (Å²) < 4.78 is 72.1. The number of aromatic nitrogens is 2. The summed E-state index contributed by atoms with van der Waals surface area (Å²) in [6, 6.07) is 9.06. The van der Waals surface area contributed by atoms with E-state index in [-0.39, 0.29) is 23.4 Å². The maximum Gasteiger partial charge on any atom is 0.335 e. The van der Waals surface area contributed by atoms with Crippen molar-refractivity contribution >= 4 is 33.5 Å². The van der Waals surface area contributed by atoms with Crippen molar-refractivity contribution in [2.24, 2.45) is 7.05 Å². The summed E-state index contributed by atoms with van der Waals surface area (Å²) in [7, 11) is -1.92. The van der Waals surface area contributed by atoms with Crippen LogP contribution in [-0.2, 0) is 33.0 Å². The van der Waals surface area contributed by atoms with E-state index in [2.05, 4.69) is 10.6 Å². The molecule has 1 aromatic heterocycles. The smallest absolute Gasteiger partial charge is 0.335 e. The van der Waals surface area contributed by atoms with Crippen LogP contribution in [-0.4, -0.2) is 60.1 Å². The molecule has 0 bridgehead atoms. The third kappa shape index (κ3) is 9.64. The predicted molar refractivity (Wildman–Crippen MR) is 200 cm³/mol. The molecule has 0 aliphatic heterocycles. The number of amides is 2. The molecule has 0 radical (unpaired) electrons. The molecule has 17 heteroatoms. The van der Waals surface area contributed by atoms with Crippen LogP contribution in [0.4, 0.5) is 14.5 Å². The normalized spacial score (nSPS) is 12.2. The number of hydrogen-bond acceptors (Lipinski definition) is 9. The summed E-state index contributed by atoms with van der Waals surface area (Å²) in [5, 5.41) is 5.10. The average molecular weight is 784 g/mol. The molecule has 294 valence electrons. The average Bonchev–Trinajstić information content (AvgIpc) is 3.10. The number of methoxy groups -OCH3 is 1. The predicted octanol–water partition coefficient (Wildman–Crippen LogP) is 4.06. The van der Waals surface area contributed by atoms with Crippen LogP contribution in [0.3, 0.4) is 0 Å². The molecule has 0 aliphatic rings. The van der Waals surface area contributed by atoms with Gasteiger partial charge in [-0.05, 0) is 90.4 Å². The highest BCUT2D eigenvalue weighted by molar-refractivity contribution is 7.92. The quantitative estimate of drug-likeness (QED) is 0.179. The van der Waals surface area contributed by atoms with E-state index in [0.29, 0.717) is 29.0 Å². The number of anilines is 1. The number of sulfonamides is 1. The molecule has 3 aromatic carbocycles. The van der Waals surface area contributed by atoms with E-state index in [1.54, 1.807) is 48.5 Å². The van der Waals surface area contributed by atoms with Crippen LogP contribution in [0, 0.1) is 25.5 Å². The lowest BCUT2D eigenvalue weighted by Crippen LogP contribution is -2.44. The minimum Gasteiger partial charge on any atom is -0.495 e. The molecule has 1 atom stereocenters. The van der Waals surface area contributed by atoms with Gasteiger partial charge in [-0.25, -0.2) is 31.4 Å². The minimum absolute atomic E-state index is 0.0900. The molecule has 0 saturated heterocycles. The maximum absolute atomic E-state index is 15.4. The van der Waals surface area contributed by atoms with E-state index in [1.165, 1.54) is 55.1 Å². The summed E-state index contributed by atoms with van der Waals surface area (Å²) in [6.07, 6.45) is -0.781. The van der Waals surface area contributed by atoms with Crippen LogP contribution in [0.1, 0.15) is 72.2 Å². The summed E-state index contributed by atoms with van der Waals surface area (Å²) in [5.41, 5.74) is -1.61. The van der Waals surface area contributed by atoms with E-state index < -0.39 is 84.5 Å². The van der Waals surface area contributed by atoms with Crippen LogP contribution in [0.5, 0.6) is 5.75 Å². The van der Waals surface area contributed by atoms with E-state index in [4.69, 9.17) is 9.47 Å². The molecular formula is C38H43F2N5O9S.